The lowest BCUT2D eigenvalue weighted by Crippen LogP contribution is -2.42. The van der Waals surface area contributed by atoms with Gasteiger partial charge in [-0.3, -0.25) is 9.78 Å². The van der Waals surface area contributed by atoms with Crippen molar-refractivity contribution in [3.63, 3.8) is 0 Å². The van der Waals surface area contributed by atoms with E-state index in [1.54, 1.807) is 26.2 Å². The van der Waals surface area contributed by atoms with Crippen molar-refractivity contribution in [1.82, 2.24) is 9.88 Å². The van der Waals surface area contributed by atoms with Gasteiger partial charge in [-0.2, -0.15) is 0 Å². The van der Waals surface area contributed by atoms with E-state index in [0.717, 1.165) is 0 Å². The Labute approximate surface area is 155 Å². The summed E-state index contributed by atoms with van der Waals surface area (Å²) in [5, 5.41) is 9.85. The van der Waals surface area contributed by atoms with Crippen LogP contribution in [0.1, 0.15) is 56.8 Å². The lowest BCUT2D eigenvalue weighted by molar-refractivity contribution is 0.0641. The molecule has 1 N–H and O–H groups in total. The Morgan fingerprint density at radius 2 is 1.65 bits per heavy atom. The third-order valence-corrected chi connectivity index (χ3v) is 4.28. The molecule has 1 aromatic carbocycles. The summed E-state index contributed by atoms with van der Waals surface area (Å²) >= 11 is 0. The van der Waals surface area contributed by atoms with Crippen molar-refractivity contribution in [3.05, 3.63) is 47.7 Å². The van der Waals surface area contributed by atoms with Crippen LogP contribution in [0.5, 0.6) is 5.75 Å². The summed E-state index contributed by atoms with van der Waals surface area (Å²) in [6, 6.07) is 11.0. The van der Waals surface area contributed by atoms with Gasteiger partial charge in [-0.1, -0.05) is 18.2 Å². The van der Waals surface area contributed by atoms with Crippen LogP contribution in [-0.4, -0.2) is 40.1 Å². The molecule has 5 heteroatoms. The van der Waals surface area contributed by atoms with Crippen LogP contribution in [0, 0.1) is 0 Å². The Bertz CT molecular complexity index is 762. The largest absolute Gasteiger partial charge is 0.496 e. The van der Waals surface area contributed by atoms with E-state index in [-0.39, 0.29) is 18.0 Å². The van der Waals surface area contributed by atoms with Crippen LogP contribution in [0.15, 0.2) is 36.4 Å². The van der Waals surface area contributed by atoms with Crippen LogP contribution in [0.25, 0.3) is 11.3 Å². The number of amides is 1. The average molecular weight is 356 g/mol. The zero-order valence-corrected chi connectivity index (χ0v) is 16.4. The fraction of sp³-hybridized carbons (Fsp3) is 0.429. The summed E-state index contributed by atoms with van der Waals surface area (Å²) in [6.07, 6.45) is -0.678. The number of aliphatic hydroxyl groups excluding tert-OH is 1. The predicted octanol–water partition coefficient (Wildman–Crippen LogP) is 4.07. The minimum atomic E-state index is -0.678. The Morgan fingerprint density at radius 3 is 2.19 bits per heavy atom. The zero-order chi connectivity index (χ0) is 19.4. The van der Waals surface area contributed by atoms with Crippen molar-refractivity contribution < 1.29 is 14.6 Å². The molecule has 0 unspecified atom stereocenters. The number of aliphatic hydroxyl groups is 1. The number of methoxy groups -OCH3 is 1. The highest BCUT2D eigenvalue weighted by Gasteiger charge is 2.27. The summed E-state index contributed by atoms with van der Waals surface area (Å²) in [4.78, 5) is 19.8. The first-order valence-corrected chi connectivity index (χ1v) is 8.93. The molecule has 0 saturated heterocycles. The van der Waals surface area contributed by atoms with Gasteiger partial charge >= 0.3 is 0 Å². The number of hydrogen-bond donors (Lipinski definition) is 1. The predicted molar refractivity (Wildman–Crippen MR) is 103 cm³/mol. The summed E-state index contributed by atoms with van der Waals surface area (Å²) in [6.45, 7) is 9.67. The molecule has 0 aliphatic rings. The van der Waals surface area contributed by atoms with Crippen LogP contribution in [0.4, 0.5) is 0 Å². The maximum atomic E-state index is 13.4. The second-order valence-corrected chi connectivity index (χ2v) is 6.91. The molecule has 1 atom stereocenters. The highest BCUT2D eigenvalue weighted by Crippen LogP contribution is 2.32. The van der Waals surface area contributed by atoms with Gasteiger partial charge in [-0.15, -0.1) is 0 Å². The number of rotatable bonds is 6. The van der Waals surface area contributed by atoms with Gasteiger partial charge in [-0.05, 0) is 52.8 Å². The van der Waals surface area contributed by atoms with E-state index >= 15 is 0 Å². The molecule has 0 aliphatic carbocycles. The molecule has 0 saturated carbocycles. The number of benzene rings is 1. The van der Waals surface area contributed by atoms with Crippen LogP contribution < -0.4 is 4.74 Å². The second kappa shape index (κ2) is 8.32. The Morgan fingerprint density at radius 1 is 1.04 bits per heavy atom. The van der Waals surface area contributed by atoms with E-state index in [9.17, 15) is 9.90 Å². The average Bonchev–Trinajstić information content (AvgIpc) is 2.60. The fourth-order valence-corrected chi connectivity index (χ4v) is 3.16. The standard InChI is InChI=1S/C21H28N2O3/c1-13(2)23(14(3)4)21(25)20-16(9-7-12-19(20)26-6)18-11-8-10-17(22-18)15(5)24/h7-15,24H,1-6H3/t15-/m0/s1. The first kappa shape index (κ1) is 19.9. The van der Waals surface area contributed by atoms with E-state index in [1.165, 1.54) is 0 Å². The highest BCUT2D eigenvalue weighted by atomic mass is 16.5. The number of ether oxygens (including phenoxy) is 1. The van der Waals surface area contributed by atoms with Crippen molar-refractivity contribution in [2.45, 2.75) is 52.8 Å². The number of nitrogens with zero attached hydrogens (tertiary/aromatic N) is 2. The normalized spacial score (nSPS) is 12.3. The van der Waals surface area contributed by atoms with Crippen molar-refractivity contribution >= 4 is 5.91 Å². The van der Waals surface area contributed by atoms with Gasteiger partial charge in [0, 0.05) is 17.6 Å². The van der Waals surface area contributed by atoms with E-state index in [1.807, 2.05) is 56.9 Å². The summed E-state index contributed by atoms with van der Waals surface area (Å²) in [5.41, 5.74) is 2.39. The third kappa shape index (κ3) is 4.05. The number of hydrogen-bond acceptors (Lipinski definition) is 4. The molecule has 5 nitrogen and oxygen atoms in total. The van der Waals surface area contributed by atoms with Gasteiger partial charge in [0.1, 0.15) is 5.75 Å². The maximum Gasteiger partial charge on any atom is 0.258 e. The topological polar surface area (TPSA) is 62.7 Å². The molecule has 1 heterocycles. The van der Waals surface area contributed by atoms with E-state index < -0.39 is 6.10 Å². The molecule has 140 valence electrons. The number of aromatic nitrogens is 1. The van der Waals surface area contributed by atoms with Crippen LogP contribution in [0.2, 0.25) is 0 Å². The van der Waals surface area contributed by atoms with E-state index in [0.29, 0.717) is 28.3 Å². The fourth-order valence-electron chi connectivity index (χ4n) is 3.16. The molecule has 26 heavy (non-hydrogen) atoms. The maximum absolute atomic E-state index is 13.4. The third-order valence-electron chi connectivity index (χ3n) is 4.28. The Hall–Kier alpha value is -2.40. The summed E-state index contributed by atoms with van der Waals surface area (Å²) in [7, 11) is 1.56. The van der Waals surface area contributed by atoms with Gasteiger partial charge < -0.3 is 14.7 Å². The Balaban J connectivity index is 2.66. The smallest absolute Gasteiger partial charge is 0.258 e. The molecule has 0 bridgehead atoms. The molecule has 1 amide bonds. The van der Waals surface area contributed by atoms with Gasteiger partial charge in [0.25, 0.3) is 5.91 Å². The van der Waals surface area contributed by atoms with Gasteiger partial charge in [0.05, 0.1) is 30.2 Å². The molecule has 2 rings (SSSR count). The molecule has 0 radical (unpaired) electrons. The van der Waals surface area contributed by atoms with Gasteiger partial charge in [0.2, 0.25) is 0 Å². The van der Waals surface area contributed by atoms with Crippen molar-refractivity contribution in [1.29, 1.82) is 0 Å². The number of carbonyl (C=O) groups is 1. The summed E-state index contributed by atoms with van der Waals surface area (Å²) in [5.74, 6) is 0.426. The molecular weight excluding hydrogens is 328 g/mol. The van der Waals surface area contributed by atoms with Crippen LogP contribution in [-0.2, 0) is 0 Å². The minimum Gasteiger partial charge on any atom is -0.496 e. The molecule has 0 aliphatic heterocycles. The van der Waals surface area contributed by atoms with Gasteiger partial charge in [-0.25, -0.2) is 0 Å². The van der Waals surface area contributed by atoms with E-state index in [4.69, 9.17) is 4.74 Å². The van der Waals surface area contributed by atoms with Crippen LogP contribution in [0.3, 0.4) is 0 Å². The minimum absolute atomic E-state index is 0.0528. The molecule has 1 aromatic heterocycles. The first-order valence-electron chi connectivity index (χ1n) is 8.93. The van der Waals surface area contributed by atoms with Crippen molar-refractivity contribution in [2.24, 2.45) is 0 Å². The monoisotopic (exact) mass is 356 g/mol. The van der Waals surface area contributed by atoms with Crippen molar-refractivity contribution in [3.8, 4) is 17.0 Å². The lowest BCUT2D eigenvalue weighted by atomic mass is 9.99. The SMILES string of the molecule is COc1cccc(-c2cccc([C@H](C)O)n2)c1C(=O)N(C(C)C)C(C)C. The molecule has 0 spiro atoms. The van der Waals surface area contributed by atoms with Gasteiger partial charge in [0.15, 0.2) is 0 Å². The molecule has 2 aromatic rings. The van der Waals surface area contributed by atoms with Crippen molar-refractivity contribution in [2.75, 3.05) is 7.11 Å². The number of pyridine rings is 1. The van der Waals surface area contributed by atoms with Crippen LogP contribution >= 0.6 is 0 Å². The first-order chi connectivity index (χ1) is 12.3. The molecule has 0 fully saturated rings. The quantitative estimate of drug-likeness (QED) is 0.847. The lowest BCUT2D eigenvalue weighted by Gasteiger charge is -2.32. The summed E-state index contributed by atoms with van der Waals surface area (Å²) < 4.78 is 5.49. The number of carbonyl (C=O) groups excluding carboxylic acids is 1. The molecular formula is C21H28N2O3. The Kier molecular flexibility index (Phi) is 6.37. The second-order valence-electron chi connectivity index (χ2n) is 6.91. The highest BCUT2D eigenvalue weighted by molar-refractivity contribution is 6.03. The zero-order valence-electron chi connectivity index (χ0n) is 16.4. The van der Waals surface area contributed by atoms with E-state index in [2.05, 4.69) is 4.98 Å².